The van der Waals surface area contributed by atoms with Crippen LogP contribution in [0.1, 0.15) is 5.56 Å². The van der Waals surface area contributed by atoms with Gasteiger partial charge < -0.3 is 10.0 Å². The van der Waals surface area contributed by atoms with E-state index in [4.69, 9.17) is 10.4 Å². The fraction of sp³-hybridized carbons (Fsp3) is 0.300. The summed E-state index contributed by atoms with van der Waals surface area (Å²) in [4.78, 5) is 1.75. The number of aliphatic hydroxyl groups is 1. The maximum atomic E-state index is 8.88. The lowest BCUT2D eigenvalue weighted by molar-refractivity contribution is 0.302. The first-order chi connectivity index (χ1) is 7.33. The highest BCUT2D eigenvalue weighted by Gasteiger charge is 2.10. The molecule has 0 saturated carbocycles. The van der Waals surface area contributed by atoms with E-state index >= 15 is 0 Å². The topological polar surface area (TPSA) is 73.0 Å². The summed E-state index contributed by atoms with van der Waals surface area (Å²) >= 11 is 0. The summed E-state index contributed by atoms with van der Waals surface area (Å²) in [7, 11) is 0. The zero-order valence-electron chi connectivity index (χ0n) is 8.30. The Kier molecular flexibility index (Phi) is 4.26. The quantitative estimate of drug-likeness (QED) is 0.700. The van der Waals surface area contributed by atoms with Crippen LogP contribution in [0.4, 0.5) is 5.82 Å². The number of nitriles is 1. The number of aliphatic hydroxyl groups excluding tert-OH is 1. The molecule has 0 atom stereocenters. The normalized spacial score (nSPS) is 9.33. The van der Waals surface area contributed by atoms with E-state index in [1.807, 2.05) is 6.07 Å². The lowest BCUT2D eigenvalue weighted by Gasteiger charge is -2.20. The van der Waals surface area contributed by atoms with Crippen molar-refractivity contribution in [1.82, 2.24) is 10.2 Å². The van der Waals surface area contributed by atoms with E-state index in [9.17, 15) is 0 Å². The van der Waals surface area contributed by atoms with Crippen molar-refractivity contribution < 1.29 is 5.11 Å². The van der Waals surface area contributed by atoms with Crippen molar-refractivity contribution in [1.29, 1.82) is 5.26 Å². The molecule has 1 N–H and O–H groups in total. The van der Waals surface area contributed by atoms with Gasteiger partial charge in [0, 0.05) is 13.1 Å². The minimum absolute atomic E-state index is 0.00468. The number of aromatic nitrogens is 2. The Hall–Kier alpha value is -1.93. The minimum atomic E-state index is -0.00468. The van der Waals surface area contributed by atoms with Gasteiger partial charge in [-0.05, 0) is 6.07 Å². The summed E-state index contributed by atoms with van der Waals surface area (Å²) in [6.07, 6.45) is 3.15. The molecule has 0 aliphatic carbocycles. The van der Waals surface area contributed by atoms with Crippen LogP contribution in [0.25, 0.3) is 0 Å². The summed E-state index contributed by atoms with van der Waals surface area (Å²) < 4.78 is 0. The molecule has 0 amide bonds. The van der Waals surface area contributed by atoms with Crippen LogP contribution >= 0.6 is 0 Å². The number of nitrogens with zero attached hydrogens (tertiary/aromatic N) is 4. The fourth-order valence-electron chi connectivity index (χ4n) is 1.21. The van der Waals surface area contributed by atoms with Crippen molar-refractivity contribution in [2.24, 2.45) is 0 Å². The van der Waals surface area contributed by atoms with Gasteiger partial charge in [-0.1, -0.05) is 6.08 Å². The monoisotopic (exact) mass is 204 g/mol. The Bertz CT molecular complexity index is 372. The first kappa shape index (κ1) is 11.1. The number of anilines is 1. The van der Waals surface area contributed by atoms with E-state index in [2.05, 4.69) is 16.8 Å². The van der Waals surface area contributed by atoms with E-state index < -0.39 is 0 Å². The minimum Gasteiger partial charge on any atom is -0.395 e. The second-order valence-electron chi connectivity index (χ2n) is 2.84. The molecule has 5 heteroatoms. The van der Waals surface area contributed by atoms with Gasteiger partial charge in [-0.3, -0.25) is 0 Å². The second-order valence-corrected chi connectivity index (χ2v) is 2.84. The maximum absolute atomic E-state index is 8.88. The molecule has 5 nitrogen and oxygen atoms in total. The van der Waals surface area contributed by atoms with Crippen LogP contribution in [-0.4, -0.2) is 35.0 Å². The largest absolute Gasteiger partial charge is 0.395 e. The predicted molar refractivity (Wildman–Crippen MR) is 56.2 cm³/mol. The number of hydrogen-bond acceptors (Lipinski definition) is 5. The van der Waals surface area contributed by atoms with Crippen LogP contribution < -0.4 is 4.90 Å². The molecule has 78 valence electrons. The highest BCUT2D eigenvalue weighted by Crippen LogP contribution is 2.14. The van der Waals surface area contributed by atoms with E-state index in [1.54, 1.807) is 17.0 Å². The van der Waals surface area contributed by atoms with E-state index in [0.29, 0.717) is 24.5 Å². The van der Waals surface area contributed by atoms with Crippen molar-refractivity contribution in [2.45, 2.75) is 0 Å². The third-order valence-corrected chi connectivity index (χ3v) is 1.84. The summed E-state index contributed by atoms with van der Waals surface area (Å²) in [6.45, 7) is 4.53. The summed E-state index contributed by atoms with van der Waals surface area (Å²) in [5, 5.41) is 25.4. The molecular formula is C10H12N4O. The molecule has 15 heavy (non-hydrogen) atoms. The zero-order chi connectivity index (χ0) is 11.1. The van der Waals surface area contributed by atoms with Gasteiger partial charge in [0.25, 0.3) is 0 Å². The van der Waals surface area contributed by atoms with Gasteiger partial charge >= 0.3 is 0 Å². The standard InChI is InChI=1S/C10H12N4O/c1-2-5-14(6-7-15)10-9(8-11)3-4-12-13-10/h2-4,15H,1,5-7H2. The molecular weight excluding hydrogens is 192 g/mol. The third-order valence-electron chi connectivity index (χ3n) is 1.84. The molecule has 0 aliphatic rings. The van der Waals surface area contributed by atoms with E-state index in [-0.39, 0.29) is 6.61 Å². The zero-order valence-corrected chi connectivity index (χ0v) is 8.30. The van der Waals surface area contributed by atoms with Crippen molar-refractivity contribution in [3.8, 4) is 6.07 Å². The van der Waals surface area contributed by atoms with Crippen molar-refractivity contribution in [3.05, 3.63) is 30.5 Å². The van der Waals surface area contributed by atoms with Crippen molar-refractivity contribution in [2.75, 3.05) is 24.6 Å². The molecule has 0 aromatic carbocycles. The molecule has 0 aliphatic heterocycles. The van der Waals surface area contributed by atoms with Crippen LogP contribution in [0.2, 0.25) is 0 Å². The van der Waals surface area contributed by atoms with Crippen LogP contribution in [-0.2, 0) is 0 Å². The predicted octanol–water partition coefficient (Wildman–Crippen LogP) is 0.333. The average molecular weight is 204 g/mol. The molecule has 1 aromatic rings. The maximum Gasteiger partial charge on any atom is 0.169 e. The molecule has 1 rings (SSSR count). The molecule has 1 aromatic heterocycles. The average Bonchev–Trinajstić information content (AvgIpc) is 2.29. The van der Waals surface area contributed by atoms with Crippen LogP contribution in [0.5, 0.6) is 0 Å². The molecule has 0 bridgehead atoms. The molecule has 0 spiro atoms. The third kappa shape index (κ3) is 2.76. The fourth-order valence-corrected chi connectivity index (χ4v) is 1.21. The van der Waals surface area contributed by atoms with Crippen LogP contribution in [0.3, 0.4) is 0 Å². The van der Waals surface area contributed by atoms with Gasteiger partial charge in [0.2, 0.25) is 0 Å². The van der Waals surface area contributed by atoms with Gasteiger partial charge in [-0.2, -0.15) is 10.4 Å². The summed E-state index contributed by atoms with van der Waals surface area (Å²) in [6, 6.07) is 3.63. The van der Waals surface area contributed by atoms with Gasteiger partial charge in [0.05, 0.1) is 18.4 Å². The Balaban J connectivity index is 2.99. The number of rotatable bonds is 5. The van der Waals surface area contributed by atoms with Crippen molar-refractivity contribution >= 4 is 5.82 Å². The second kappa shape index (κ2) is 5.73. The SMILES string of the molecule is C=CCN(CCO)c1nnccc1C#N. The lowest BCUT2D eigenvalue weighted by Crippen LogP contribution is -2.28. The van der Waals surface area contributed by atoms with Crippen molar-refractivity contribution in [3.63, 3.8) is 0 Å². The molecule has 0 radical (unpaired) electrons. The van der Waals surface area contributed by atoms with Gasteiger partial charge in [-0.25, -0.2) is 0 Å². The highest BCUT2D eigenvalue weighted by molar-refractivity contribution is 5.52. The first-order valence-corrected chi connectivity index (χ1v) is 4.52. The van der Waals surface area contributed by atoms with Gasteiger partial charge in [0.1, 0.15) is 6.07 Å². The van der Waals surface area contributed by atoms with Crippen LogP contribution in [0, 0.1) is 11.3 Å². The highest BCUT2D eigenvalue weighted by atomic mass is 16.3. The summed E-state index contributed by atoms with van der Waals surface area (Å²) in [5.74, 6) is 0.481. The lowest BCUT2D eigenvalue weighted by atomic mass is 10.3. The smallest absolute Gasteiger partial charge is 0.169 e. The molecule has 1 heterocycles. The molecule has 0 unspecified atom stereocenters. The molecule has 0 saturated heterocycles. The Morgan fingerprint density at radius 1 is 1.67 bits per heavy atom. The Morgan fingerprint density at radius 2 is 2.47 bits per heavy atom. The van der Waals surface area contributed by atoms with Crippen LogP contribution in [0.15, 0.2) is 24.9 Å². The van der Waals surface area contributed by atoms with E-state index in [1.165, 1.54) is 6.20 Å². The van der Waals surface area contributed by atoms with Gasteiger partial charge in [0.15, 0.2) is 5.82 Å². The molecule has 0 fully saturated rings. The Labute approximate surface area is 88.3 Å². The first-order valence-electron chi connectivity index (χ1n) is 4.52. The van der Waals surface area contributed by atoms with Gasteiger partial charge in [-0.15, -0.1) is 11.7 Å². The summed E-state index contributed by atoms with van der Waals surface area (Å²) in [5.41, 5.74) is 0.445. The number of hydrogen-bond donors (Lipinski definition) is 1. The Morgan fingerprint density at radius 3 is 3.07 bits per heavy atom. The van der Waals surface area contributed by atoms with E-state index in [0.717, 1.165) is 0 Å².